The molecule has 1 saturated heterocycles. The van der Waals surface area contributed by atoms with E-state index in [0.29, 0.717) is 6.04 Å². The lowest BCUT2D eigenvalue weighted by Crippen LogP contribution is -2.22. The maximum atomic E-state index is 5.59. The van der Waals surface area contributed by atoms with Crippen molar-refractivity contribution in [3.05, 3.63) is 23.8 Å². The van der Waals surface area contributed by atoms with Gasteiger partial charge in [-0.25, -0.2) is 4.68 Å². The van der Waals surface area contributed by atoms with Crippen LogP contribution >= 0.6 is 0 Å². The van der Waals surface area contributed by atoms with E-state index in [2.05, 4.69) is 44.5 Å². The van der Waals surface area contributed by atoms with Gasteiger partial charge in [0.15, 0.2) is 0 Å². The van der Waals surface area contributed by atoms with Gasteiger partial charge in [0, 0.05) is 38.7 Å². The average molecular weight is 291 g/mol. The highest BCUT2D eigenvalue weighted by Crippen LogP contribution is 2.28. The molecular formula is C13H21N7O. The Labute approximate surface area is 123 Å². The molecule has 3 rings (SSSR count). The van der Waals surface area contributed by atoms with Crippen molar-refractivity contribution in [1.29, 1.82) is 0 Å². The maximum Gasteiger partial charge on any atom is 0.0967 e. The van der Waals surface area contributed by atoms with Crippen molar-refractivity contribution < 1.29 is 4.74 Å². The van der Waals surface area contributed by atoms with Gasteiger partial charge in [0.05, 0.1) is 29.9 Å². The molecule has 0 aliphatic carbocycles. The highest BCUT2D eigenvalue weighted by Gasteiger charge is 2.35. The summed E-state index contributed by atoms with van der Waals surface area (Å²) in [6.07, 6.45) is 3.92. The second-order valence-corrected chi connectivity index (χ2v) is 5.75. The number of hydrogen-bond donors (Lipinski definition) is 1. The average Bonchev–Trinajstić information content (AvgIpc) is 3.18. The number of ether oxygens (including phenoxy) is 1. The van der Waals surface area contributed by atoms with E-state index in [0.717, 1.165) is 31.0 Å². The quantitative estimate of drug-likeness (QED) is 0.868. The fourth-order valence-corrected chi connectivity index (χ4v) is 2.76. The first-order valence-corrected chi connectivity index (χ1v) is 7.19. The van der Waals surface area contributed by atoms with Crippen molar-refractivity contribution in [1.82, 2.24) is 35.3 Å². The first kappa shape index (κ1) is 14.2. The molecule has 0 bridgehead atoms. The van der Waals surface area contributed by atoms with Crippen molar-refractivity contribution >= 4 is 0 Å². The van der Waals surface area contributed by atoms with Gasteiger partial charge in [0.25, 0.3) is 0 Å². The molecule has 0 unspecified atom stereocenters. The zero-order valence-electron chi connectivity index (χ0n) is 12.6. The van der Waals surface area contributed by atoms with Gasteiger partial charge in [0.2, 0.25) is 0 Å². The summed E-state index contributed by atoms with van der Waals surface area (Å²) in [7, 11) is 1.75. The number of H-pyrrole nitrogens is 1. The molecule has 2 aromatic heterocycles. The molecule has 0 radical (unpaired) electrons. The van der Waals surface area contributed by atoms with Gasteiger partial charge in [0.1, 0.15) is 0 Å². The molecule has 8 nitrogen and oxygen atoms in total. The third-order valence-electron chi connectivity index (χ3n) is 3.93. The van der Waals surface area contributed by atoms with Gasteiger partial charge in [-0.05, 0) is 13.8 Å². The summed E-state index contributed by atoms with van der Waals surface area (Å²) >= 11 is 0. The Morgan fingerprint density at radius 1 is 1.43 bits per heavy atom. The molecule has 114 valence electrons. The van der Waals surface area contributed by atoms with Crippen LogP contribution in [0.15, 0.2) is 12.4 Å². The van der Waals surface area contributed by atoms with Gasteiger partial charge in [-0.3, -0.25) is 4.90 Å². The van der Waals surface area contributed by atoms with Crippen molar-refractivity contribution in [2.24, 2.45) is 0 Å². The van der Waals surface area contributed by atoms with Crippen LogP contribution in [0.1, 0.15) is 37.2 Å². The predicted octanol–water partition coefficient (Wildman–Crippen LogP) is 0.591. The normalized spacial score (nSPS) is 23.2. The summed E-state index contributed by atoms with van der Waals surface area (Å²) in [5, 5.41) is 19.1. The molecule has 1 aliphatic rings. The van der Waals surface area contributed by atoms with Crippen LogP contribution in [0.3, 0.4) is 0 Å². The molecule has 0 saturated carbocycles. The fraction of sp³-hybridized carbons (Fsp3) is 0.692. The number of hydrogen-bond acceptors (Lipinski definition) is 6. The first-order valence-electron chi connectivity index (χ1n) is 7.19. The zero-order chi connectivity index (χ0) is 14.8. The lowest BCUT2D eigenvalue weighted by atomic mass is 10.0. The van der Waals surface area contributed by atoms with Gasteiger partial charge >= 0.3 is 0 Å². The van der Waals surface area contributed by atoms with Crippen LogP contribution in [0, 0.1) is 0 Å². The zero-order valence-corrected chi connectivity index (χ0v) is 12.6. The molecule has 0 amide bonds. The van der Waals surface area contributed by atoms with Crippen LogP contribution in [0.4, 0.5) is 0 Å². The Morgan fingerprint density at radius 3 is 2.90 bits per heavy atom. The smallest absolute Gasteiger partial charge is 0.0967 e. The minimum absolute atomic E-state index is 0.134. The molecule has 1 aliphatic heterocycles. The first-order chi connectivity index (χ1) is 10.2. The van der Waals surface area contributed by atoms with Crippen molar-refractivity contribution in [2.75, 3.05) is 20.2 Å². The van der Waals surface area contributed by atoms with E-state index in [-0.39, 0.29) is 12.0 Å². The molecule has 3 heterocycles. The van der Waals surface area contributed by atoms with Crippen LogP contribution in [-0.4, -0.2) is 61.6 Å². The van der Waals surface area contributed by atoms with E-state index in [4.69, 9.17) is 4.74 Å². The molecule has 21 heavy (non-hydrogen) atoms. The minimum atomic E-state index is 0.134. The third kappa shape index (κ3) is 2.96. The van der Waals surface area contributed by atoms with Crippen LogP contribution in [-0.2, 0) is 11.3 Å². The molecular weight excluding hydrogens is 270 g/mol. The summed E-state index contributed by atoms with van der Waals surface area (Å²) < 4.78 is 7.48. The van der Waals surface area contributed by atoms with E-state index in [9.17, 15) is 0 Å². The highest BCUT2D eigenvalue weighted by molar-refractivity contribution is 5.10. The lowest BCUT2D eigenvalue weighted by molar-refractivity contribution is 0.0956. The van der Waals surface area contributed by atoms with Crippen LogP contribution < -0.4 is 0 Å². The lowest BCUT2D eigenvalue weighted by Gasteiger charge is -2.13. The monoisotopic (exact) mass is 291 g/mol. The Kier molecular flexibility index (Phi) is 3.98. The van der Waals surface area contributed by atoms with Crippen LogP contribution in [0.25, 0.3) is 0 Å². The van der Waals surface area contributed by atoms with E-state index < -0.39 is 0 Å². The van der Waals surface area contributed by atoms with Gasteiger partial charge < -0.3 is 4.74 Å². The maximum absolute atomic E-state index is 5.59. The third-order valence-corrected chi connectivity index (χ3v) is 3.93. The minimum Gasteiger partial charge on any atom is -0.379 e. The standard InChI is InChI=1S/C13H21N7O/c1-9(2)20-6-10(15-18-20)5-19-7-11(13(8-19)21-3)12-4-14-17-16-12/h4,6,9,11,13H,5,7-8H2,1-3H3,(H,14,16,17)/t11-,13+/m0/s1. The van der Waals surface area contributed by atoms with Crippen molar-refractivity contribution in [3.63, 3.8) is 0 Å². The number of nitrogens with zero attached hydrogens (tertiary/aromatic N) is 6. The molecule has 2 aromatic rings. The number of methoxy groups -OCH3 is 1. The Hall–Kier alpha value is -1.80. The summed E-state index contributed by atoms with van der Waals surface area (Å²) in [6, 6.07) is 0.333. The second-order valence-electron chi connectivity index (χ2n) is 5.75. The SMILES string of the molecule is CO[C@@H]1CN(Cc2cn(C(C)C)nn2)C[C@H]1c1cn[nH]n1. The highest BCUT2D eigenvalue weighted by atomic mass is 16.5. The van der Waals surface area contributed by atoms with E-state index in [1.807, 2.05) is 10.9 Å². The fourth-order valence-electron chi connectivity index (χ4n) is 2.76. The Morgan fingerprint density at radius 2 is 2.29 bits per heavy atom. The summed E-state index contributed by atoms with van der Waals surface area (Å²) in [6.45, 7) is 6.72. The number of rotatable bonds is 5. The molecule has 0 spiro atoms. The number of likely N-dealkylation sites (tertiary alicyclic amines) is 1. The summed E-state index contributed by atoms with van der Waals surface area (Å²) in [5.74, 6) is 0.244. The van der Waals surface area contributed by atoms with Crippen molar-refractivity contribution in [3.8, 4) is 0 Å². The molecule has 2 atom stereocenters. The van der Waals surface area contributed by atoms with Gasteiger partial charge in [-0.1, -0.05) is 5.21 Å². The molecule has 0 aromatic carbocycles. The van der Waals surface area contributed by atoms with Crippen LogP contribution in [0.2, 0.25) is 0 Å². The predicted molar refractivity (Wildman–Crippen MR) is 75.6 cm³/mol. The number of aromatic nitrogens is 6. The Bertz CT molecular complexity index is 565. The molecule has 8 heteroatoms. The molecule has 1 fully saturated rings. The second kappa shape index (κ2) is 5.90. The van der Waals surface area contributed by atoms with Gasteiger partial charge in [-0.15, -0.1) is 5.10 Å². The summed E-state index contributed by atoms with van der Waals surface area (Å²) in [5.41, 5.74) is 1.94. The number of nitrogens with one attached hydrogen (secondary N) is 1. The number of aromatic amines is 1. The van der Waals surface area contributed by atoms with E-state index in [1.165, 1.54) is 0 Å². The van der Waals surface area contributed by atoms with E-state index in [1.54, 1.807) is 13.3 Å². The van der Waals surface area contributed by atoms with Gasteiger partial charge in [-0.2, -0.15) is 15.4 Å². The van der Waals surface area contributed by atoms with Crippen LogP contribution in [0.5, 0.6) is 0 Å². The summed E-state index contributed by atoms with van der Waals surface area (Å²) in [4.78, 5) is 2.32. The van der Waals surface area contributed by atoms with E-state index >= 15 is 0 Å². The Balaban J connectivity index is 1.67. The largest absolute Gasteiger partial charge is 0.379 e. The molecule has 1 N–H and O–H groups in total. The topological polar surface area (TPSA) is 84.8 Å². The van der Waals surface area contributed by atoms with Crippen molar-refractivity contribution in [2.45, 2.75) is 38.5 Å².